The number of allylic oxidation sites excluding steroid dienone is 4. The van der Waals surface area contributed by atoms with Crippen LogP contribution in [0.3, 0.4) is 0 Å². The predicted octanol–water partition coefficient (Wildman–Crippen LogP) is 4.54. The maximum absolute atomic E-state index is 10.6. The zero-order chi connectivity index (χ0) is 12.0. The zero-order valence-electron chi connectivity index (χ0n) is 10.8. The number of carbonyl (C=O) groups excluding carboxylic acids is 1. The van der Waals surface area contributed by atoms with Crippen molar-refractivity contribution < 1.29 is 4.79 Å². The van der Waals surface area contributed by atoms with Gasteiger partial charge in [-0.3, -0.25) is 4.79 Å². The number of rotatable bonds is 3. The first-order valence-corrected chi connectivity index (χ1v) is 5.48. The first-order chi connectivity index (χ1) is 6.70. The molecule has 0 fully saturated rings. The van der Waals surface area contributed by atoms with Crippen LogP contribution in [-0.2, 0) is 4.79 Å². The van der Waals surface area contributed by atoms with Crippen molar-refractivity contribution >= 4 is 5.78 Å². The van der Waals surface area contributed by atoms with E-state index in [4.69, 9.17) is 0 Å². The molecule has 0 aliphatic heterocycles. The van der Waals surface area contributed by atoms with Crippen molar-refractivity contribution in [2.45, 2.75) is 54.9 Å². The summed E-state index contributed by atoms with van der Waals surface area (Å²) in [5.41, 5.74) is 1.09. The average molecular weight is 198 g/mol. The van der Waals surface area contributed by atoms with Gasteiger partial charge in [0.15, 0.2) is 0 Å². The van der Waals surface area contributed by atoms with Gasteiger partial charge in [-0.05, 0) is 26.3 Å². The Morgan fingerprint density at radius 1 is 1.07 bits per heavy atom. The summed E-state index contributed by atoms with van der Waals surface area (Å²) in [6.07, 6.45) is 6.42. The lowest BCUT2D eigenvalue weighted by molar-refractivity contribution is -0.116. The van der Waals surface area contributed by atoms with Crippen LogP contribution < -0.4 is 0 Å². The molecule has 14 heavy (non-hydrogen) atoms. The Balaban J connectivity index is -0.000000266. The molecule has 0 saturated carbocycles. The summed E-state index contributed by atoms with van der Waals surface area (Å²) in [7, 11) is 0. The van der Waals surface area contributed by atoms with E-state index >= 15 is 0 Å². The molecule has 0 radical (unpaired) electrons. The molecule has 0 amide bonds. The number of hydrogen-bond acceptors (Lipinski definition) is 1. The maximum Gasteiger partial charge on any atom is 0.134 e. The molecule has 0 rings (SSSR count). The fourth-order valence-corrected chi connectivity index (χ4v) is 0.759. The fourth-order valence-electron chi connectivity index (χ4n) is 0.759. The number of ketones is 1. The van der Waals surface area contributed by atoms with Gasteiger partial charge < -0.3 is 0 Å². The minimum absolute atomic E-state index is 0.214. The normalized spacial score (nSPS) is 9.79. The first-order valence-electron chi connectivity index (χ1n) is 5.48. The molecule has 0 heterocycles. The van der Waals surface area contributed by atoms with Crippen molar-refractivity contribution in [2.24, 2.45) is 0 Å². The molecule has 0 aliphatic rings. The Hall–Kier alpha value is -0.850. The average Bonchev–Trinajstić information content (AvgIpc) is 2.22. The smallest absolute Gasteiger partial charge is 0.134 e. The molecule has 0 aliphatic carbocycles. The minimum atomic E-state index is 0.214. The summed E-state index contributed by atoms with van der Waals surface area (Å²) < 4.78 is 0. The van der Waals surface area contributed by atoms with Gasteiger partial charge in [0.05, 0.1) is 0 Å². The van der Waals surface area contributed by atoms with E-state index in [1.165, 1.54) is 0 Å². The minimum Gasteiger partial charge on any atom is -0.300 e. The van der Waals surface area contributed by atoms with Crippen molar-refractivity contribution in [3.63, 3.8) is 0 Å². The van der Waals surface area contributed by atoms with Crippen LogP contribution in [-0.4, -0.2) is 5.78 Å². The Labute approximate surface area is 89.9 Å². The van der Waals surface area contributed by atoms with Crippen molar-refractivity contribution in [2.75, 3.05) is 0 Å². The Kier molecular flexibility index (Phi) is 24.3. The SMILES string of the molecule is C/C=C\C(=C/C)CC(C)=O.CC.CC. The van der Waals surface area contributed by atoms with Crippen molar-refractivity contribution in [1.29, 1.82) is 0 Å². The number of carbonyl (C=O) groups is 1. The third-order valence-electron chi connectivity index (χ3n) is 1.20. The summed E-state index contributed by atoms with van der Waals surface area (Å²) in [6.45, 7) is 13.5. The van der Waals surface area contributed by atoms with E-state index in [1.54, 1.807) is 6.92 Å². The predicted molar refractivity (Wildman–Crippen MR) is 66.6 cm³/mol. The molecular weight excluding hydrogens is 172 g/mol. The van der Waals surface area contributed by atoms with Crippen LogP contribution in [0.25, 0.3) is 0 Å². The van der Waals surface area contributed by atoms with Crippen molar-refractivity contribution in [3.05, 3.63) is 23.8 Å². The zero-order valence-corrected chi connectivity index (χ0v) is 10.8. The molecule has 0 aromatic rings. The second kappa shape index (κ2) is 18.0. The Morgan fingerprint density at radius 2 is 1.50 bits per heavy atom. The summed E-state index contributed by atoms with van der Waals surface area (Å²) in [5, 5.41) is 0. The highest BCUT2D eigenvalue weighted by molar-refractivity contribution is 5.78. The van der Waals surface area contributed by atoms with Gasteiger partial charge in [-0.1, -0.05) is 45.9 Å². The van der Waals surface area contributed by atoms with Crippen LogP contribution in [0.5, 0.6) is 0 Å². The van der Waals surface area contributed by atoms with Gasteiger partial charge in [-0.15, -0.1) is 0 Å². The lowest BCUT2D eigenvalue weighted by Crippen LogP contribution is -1.90. The fraction of sp³-hybridized carbons (Fsp3) is 0.615. The van der Waals surface area contributed by atoms with Crippen molar-refractivity contribution in [3.8, 4) is 0 Å². The summed E-state index contributed by atoms with van der Waals surface area (Å²) in [4.78, 5) is 10.6. The highest BCUT2D eigenvalue weighted by atomic mass is 16.1. The second-order valence-corrected chi connectivity index (χ2v) is 2.24. The molecule has 0 bridgehead atoms. The van der Waals surface area contributed by atoms with E-state index in [0.29, 0.717) is 6.42 Å². The standard InChI is InChI=1S/C9H14O.2C2H6/c1-4-6-9(5-2)7-8(3)10;2*1-2/h4-6H,7H2,1-3H3;2*1-2H3/b6-4-,9-5+;;. The molecule has 0 aromatic heterocycles. The molecule has 0 saturated heterocycles. The topological polar surface area (TPSA) is 17.1 Å². The van der Waals surface area contributed by atoms with Gasteiger partial charge in [-0.2, -0.15) is 0 Å². The molecule has 0 spiro atoms. The molecule has 0 atom stereocenters. The van der Waals surface area contributed by atoms with Gasteiger partial charge in [0.2, 0.25) is 0 Å². The van der Waals surface area contributed by atoms with E-state index in [1.807, 2.05) is 59.8 Å². The molecule has 0 unspecified atom stereocenters. The maximum atomic E-state index is 10.6. The first kappa shape index (κ1) is 18.8. The lowest BCUT2D eigenvalue weighted by atomic mass is 10.1. The quantitative estimate of drug-likeness (QED) is 0.608. The monoisotopic (exact) mass is 198 g/mol. The third-order valence-corrected chi connectivity index (χ3v) is 1.20. The highest BCUT2D eigenvalue weighted by Crippen LogP contribution is 2.02. The van der Waals surface area contributed by atoms with Gasteiger partial charge in [-0.25, -0.2) is 0 Å². The summed E-state index contributed by atoms with van der Waals surface area (Å²) in [6, 6.07) is 0. The summed E-state index contributed by atoms with van der Waals surface area (Å²) in [5.74, 6) is 0.214. The van der Waals surface area contributed by atoms with Crippen LogP contribution in [0, 0.1) is 0 Å². The highest BCUT2D eigenvalue weighted by Gasteiger charge is 1.94. The molecule has 0 aromatic carbocycles. The van der Waals surface area contributed by atoms with Crippen LogP contribution in [0.1, 0.15) is 54.9 Å². The van der Waals surface area contributed by atoms with Gasteiger partial charge in [0.1, 0.15) is 5.78 Å². The molecule has 1 heteroatoms. The van der Waals surface area contributed by atoms with Crippen LogP contribution >= 0.6 is 0 Å². The second-order valence-electron chi connectivity index (χ2n) is 2.24. The number of Topliss-reactive ketones (excluding diaryl/α,β-unsaturated/α-hetero) is 1. The molecule has 1 nitrogen and oxygen atoms in total. The van der Waals surface area contributed by atoms with Crippen molar-refractivity contribution in [1.82, 2.24) is 0 Å². The third kappa shape index (κ3) is 17.3. The van der Waals surface area contributed by atoms with E-state index in [-0.39, 0.29) is 5.78 Å². The van der Waals surface area contributed by atoms with Crippen LogP contribution in [0.2, 0.25) is 0 Å². The Morgan fingerprint density at radius 3 is 1.71 bits per heavy atom. The van der Waals surface area contributed by atoms with Gasteiger partial charge >= 0.3 is 0 Å². The lowest BCUT2D eigenvalue weighted by Gasteiger charge is -1.94. The van der Waals surface area contributed by atoms with E-state index in [0.717, 1.165) is 5.57 Å². The largest absolute Gasteiger partial charge is 0.300 e. The molecule has 84 valence electrons. The van der Waals surface area contributed by atoms with Crippen LogP contribution in [0.15, 0.2) is 23.8 Å². The Bertz CT molecular complexity index is 164. The van der Waals surface area contributed by atoms with Gasteiger partial charge in [0.25, 0.3) is 0 Å². The molecular formula is C13H26O. The number of hydrogen-bond donors (Lipinski definition) is 0. The van der Waals surface area contributed by atoms with Crippen LogP contribution in [0.4, 0.5) is 0 Å². The van der Waals surface area contributed by atoms with Gasteiger partial charge in [0, 0.05) is 6.42 Å². The van der Waals surface area contributed by atoms with E-state index < -0.39 is 0 Å². The molecule has 0 N–H and O–H groups in total. The summed E-state index contributed by atoms with van der Waals surface area (Å²) >= 11 is 0. The van der Waals surface area contributed by atoms with E-state index in [9.17, 15) is 4.79 Å². The van der Waals surface area contributed by atoms with E-state index in [2.05, 4.69) is 0 Å².